The molecule has 40 heavy (non-hydrogen) atoms. The molecule has 0 unspecified atom stereocenters. The van der Waals surface area contributed by atoms with Crippen LogP contribution in [0.25, 0.3) is 0 Å². The molecule has 7 heteroatoms. The molecular formula is C33H58O7. The van der Waals surface area contributed by atoms with E-state index in [-0.39, 0.29) is 17.2 Å². The van der Waals surface area contributed by atoms with Gasteiger partial charge in [0, 0.05) is 5.56 Å². The van der Waals surface area contributed by atoms with Crippen molar-refractivity contribution in [1.29, 1.82) is 0 Å². The van der Waals surface area contributed by atoms with E-state index in [1.54, 1.807) is 0 Å². The summed E-state index contributed by atoms with van der Waals surface area (Å²) >= 11 is 0. The average molecular weight is 567 g/mol. The largest absolute Gasteiger partial charge is 0.511 e. The van der Waals surface area contributed by atoms with Crippen molar-refractivity contribution in [3.05, 3.63) is 5.56 Å². The van der Waals surface area contributed by atoms with Gasteiger partial charge >= 0.3 is 6.16 Å². The van der Waals surface area contributed by atoms with Crippen molar-refractivity contribution in [3.63, 3.8) is 0 Å². The van der Waals surface area contributed by atoms with Crippen molar-refractivity contribution in [3.8, 4) is 28.7 Å². The molecule has 0 aliphatic rings. The van der Waals surface area contributed by atoms with E-state index in [0.717, 1.165) is 83.5 Å². The standard InChI is InChI=1S/C33H58O7/c1-5-9-13-16-20-24-37-30-27(23-19-12-8-4)29(40-33(35)36)28(34)31(38-25-21-17-14-10-6-2)32(30)39-26-22-18-15-11-7-3/h34H,5-26H2,1-4H3,(H,35,36). The summed E-state index contributed by atoms with van der Waals surface area (Å²) in [5.74, 6) is 0.537. The SMILES string of the molecule is CCCCCCCOc1c(O)c(OC(=O)O)c(CCCCC)c(OCCCCCCC)c1OCCCCCCC. The third-order valence-corrected chi connectivity index (χ3v) is 7.09. The Hall–Kier alpha value is -2.31. The molecule has 0 atom stereocenters. The van der Waals surface area contributed by atoms with Gasteiger partial charge in [-0.05, 0) is 32.1 Å². The van der Waals surface area contributed by atoms with Crippen LogP contribution in [0.2, 0.25) is 0 Å². The molecule has 0 fully saturated rings. The van der Waals surface area contributed by atoms with Crippen LogP contribution < -0.4 is 18.9 Å². The molecule has 0 bridgehead atoms. The molecule has 0 heterocycles. The van der Waals surface area contributed by atoms with E-state index in [1.165, 1.54) is 32.1 Å². The van der Waals surface area contributed by atoms with Gasteiger partial charge in [-0.25, -0.2) is 4.79 Å². The van der Waals surface area contributed by atoms with Crippen LogP contribution in [0.5, 0.6) is 28.7 Å². The number of hydrogen-bond acceptors (Lipinski definition) is 6. The minimum absolute atomic E-state index is 0.0964. The summed E-state index contributed by atoms with van der Waals surface area (Å²) in [5.41, 5.74) is 0.540. The van der Waals surface area contributed by atoms with E-state index >= 15 is 0 Å². The topological polar surface area (TPSA) is 94.5 Å². The Bertz CT molecular complexity index is 794. The number of aromatic hydroxyl groups is 1. The quantitative estimate of drug-likeness (QED) is 0.0654. The van der Waals surface area contributed by atoms with Gasteiger partial charge < -0.3 is 29.2 Å². The predicted molar refractivity (Wildman–Crippen MR) is 163 cm³/mol. The Morgan fingerprint density at radius 1 is 0.525 bits per heavy atom. The lowest BCUT2D eigenvalue weighted by molar-refractivity contribution is 0.141. The molecule has 1 rings (SSSR count). The number of carbonyl (C=O) groups is 1. The van der Waals surface area contributed by atoms with E-state index in [9.17, 15) is 15.0 Å². The summed E-state index contributed by atoms with van der Waals surface area (Å²) in [6.07, 6.45) is 18.1. The molecule has 232 valence electrons. The van der Waals surface area contributed by atoms with Crippen LogP contribution in [-0.2, 0) is 6.42 Å². The van der Waals surface area contributed by atoms with Crippen molar-refractivity contribution < 1.29 is 34.0 Å². The molecule has 0 aliphatic heterocycles. The first-order valence-electron chi connectivity index (χ1n) is 16.2. The normalized spacial score (nSPS) is 11.0. The molecule has 0 aromatic heterocycles. The zero-order valence-electron chi connectivity index (χ0n) is 26.0. The fraction of sp³-hybridized carbons (Fsp3) is 0.788. The molecule has 0 aliphatic carbocycles. The molecule has 1 aromatic rings. The summed E-state index contributed by atoms with van der Waals surface area (Å²) in [6.45, 7) is 10.0. The summed E-state index contributed by atoms with van der Waals surface area (Å²) < 4.78 is 24.0. The number of phenols is 1. The second-order valence-electron chi connectivity index (χ2n) is 10.8. The lowest BCUT2D eigenvalue weighted by atomic mass is 10.0. The van der Waals surface area contributed by atoms with Crippen molar-refractivity contribution in [2.75, 3.05) is 19.8 Å². The first-order chi connectivity index (χ1) is 19.5. The first kappa shape index (κ1) is 35.7. The zero-order chi connectivity index (χ0) is 29.4. The Morgan fingerprint density at radius 3 is 1.38 bits per heavy atom. The number of carboxylic acid groups (broad SMARTS) is 1. The van der Waals surface area contributed by atoms with Crippen LogP contribution in [0.1, 0.15) is 149 Å². The molecular weight excluding hydrogens is 508 g/mol. The van der Waals surface area contributed by atoms with Gasteiger partial charge in [0.1, 0.15) is 0 Å². The molecule has 0 saturated carbocycles. The van der Waals surface area contributed by atoms with E-state index in [1.807, 2.05) is 0 Å². The zero-order valence-corrected chi connectivity index (χ0v) is 26.0. The van der Waals surface area contributed by atoms with Crippen molar-refractivity contribution in [1.82, 2.24) is 0 Å². The van der Waals surface area contributed by atoms with Crippen LogP contribution in [0.15, 0.2) is 0 Å². The Balaban J connectivity index is 3.38. The van der Waals surface area contributed by atoms with E-state index < -0.39 is 6.16 Å². The third-order valence-electron chi connectivity index (χ3n) is 7.09. The fourth-order valence-electron chi connectivity index (χ4n) is 4.73. The van der Waals surface area contributed by atoms with E-state index in [4.69, 9.17) is 18.9 Å². The van der Waals surface area contributed by atoms with Crippen LogP contribution in [-0.4, -0.2) is 36.2 Å². The van der Waals surface area contributed by atoms with Gasteiger partial charge in [-0.3, -0.25) is 0 Å². The van der Waals surface area contributed by atoms with Gasteiger partial charge in [-0.2, -0.15) is 0 Å². The predicted octanol–water partition coefficient (Wildman–Crippen LogP) is 10.2. The molecule has 7 nitrogen and oxygen atoms in total. The van der Waals surface area contributed by atoms with Crippen LogP contribution in [0.3, 0.4) is 0 Å². The van der Waals surface area contributed by atoms with Crippen LogP contribution in [0, 0.1) is 0 Å². The van der Waals surface area contributed by atoms with Gasteiger partial charge in [0.15, 0.2) is 11.5 Å². The van der Waals surface area contributed by atoms with Crippen molar-refractivity contribution >= 4 is 6.16 Å². The maximum Gasteiger partial charge on any atom is 0.511 e. The lowest BCUT2D eigenvalue weighted by Gasteiger charge is -2.23. The highest BCUT2D eigenvalue weighted by atomic mass is 16.7. The fourth-order valence-corrected chi connectivity index (χ4v) is 4.73. The number of hydrogen-bond donors (Lipinski definition) is 2. The minimum atomic E-state index is -1.48. The second-order valence-corrected chi connectivity index (χ2v) is 10.8. The van der Waals surface area contributed by atoms with Gasteiger partial charge in [-0.1, -0.05) is 118 Å². The highest BCUT2D eigenvalue weighted by molar-refractivity contribution is 5.73. The lowest BCUT2D eigenvalue weighted by Crippen LogP contribution is -2.12. The van der Waals surface area contributed by atoms with Gasteiger partial charge in [0.25, 0.3) is 0 Å². The van der Waals surface area contributed by atoms with E-state index in [0.29, 0.717) is 43.3 Å². The molecule has 0 amide bonds. The maximum absolute atomic E-state index is 11.7. The second kappa shape index (κ2) is 23.4. The highest BCUT2D eigenvalue weighted by Crippen LogP contribution is 2.54. The van der Waals surface area contributed by atoms with Gasteiger partial charge in [-0.15, -0.1) is 0 Å². The van der Waals surface area contributed by atoms with Crippen molar-refractivity contribution in [2.24, 2.45) is 0 Å². The number of ether oxygens (including phenoxy) is 4. The Labute approximate surface area is 243 Å². The van der Waals surface area contributed by atoms with E-state index in [2.05, 4.69) is 27.7 Å². The molecule has 0 spiro atoms. The van der Waals surface area contributed by atoms with Crippen LogP contribution in [0.4, 0.5) is 4.79 Å². The maximum atomic E-state index is 11.7. The minimum Gasteiger partial charge on any atom is -0.502 e. The van der Waals surface area contributed by atoms with Gasteiger partial charge in [0.05, 0.1) is 19.8 Å². The van der Waals surface area contributed by atoms with Crippen molar-refractivity contribution in [2.45, 2.75) is 150 Å². The monoisotopic (exact) mass is 566 g/mol. The summed E-state index contributed by atoms with van der Waals surface area (Å²) in [4.78, 5) is 11.7. The summed E-state index contributed by atoms with van der Waals surface area (Å²) in [5, 5.41) is 20.8. The molecule has 0 saturated heterocycles. The summed E-state index contributed by atoms with van der Waals surface area (Å²) in [7, 11) is 0. The number of unbranched alkanes of at least 4 members (excludes halogenated alkanes) is 14. The van der Waals surface area contributed by atoms with Gasteiger partial charge in [0.2, 0.25) is 17.2 Å². The number of phenolic OH excluding ortho intramolecular Hbond substituents is 1. The summed E-state index contributed by atoms with van der Waals surface area (Å²) in [6, 6.07) is 0. The number of rotatable bonds is 26. The Morgan fingerprint density at radius 2 is 0.925 bits per heavy atom. The average Bonchev–Trinajstić information content (AvgIpc) is 2.94. The smallest absolute Gasteiger partial charge is 0.502 e. The number of benzene rings is 1. The molecule has 0 radical (unpaired) electrons. The highest BCUT2D eigenvalue weighted by Gasteiger charge is 2.30. The Kier molecular flexibility index (Phi) is 20.9. The molecule has 2 N–H and O–H groups in total. The molecule has 1 aromatic carbocycles. The van der Waals surface area contributed by atoms with Crippen LogP contribution >= 0.6 is 0 Å². The third kappa shape index (κ3) is 14.4. The first-order valence-corrected chi connectivity index (χ1v) is 16.2.